The summed E-state index contributed by atoms with van der Waals surface area (Å²) in [4.78, 5) is 4.83. The van der Waals surface area contributed by atoms with Gasteiger partial charge in [0.15, 0.2) is 0 Å². The Kier molecular flexibility index (Phi) is 4.80. The molecule has 102 valence electrons. The molecular weight excluding hydrogens is 226 g/mol. The van der Waals surface area contributed by atoms with E-state index in [4.69, 9.17) is 4.42 Å². The molecular formula is C14H25N3O. The number of likely N-dealkylation sites (tertiary alicyclic amines) is 1. The number of nitrogens with one attached hydrogen (secondary N) is 1. The first-order chi connectivity index (χ1) is 8.69. The summed E-state index contributed by atoms with van der Waals surface area (Å²) in [6.07, 6.45) is 4.46. The van der Waals surface area contributed by atoms with Crippen molar-refractivity contribution in [2.45, 2.75) is 32.0 Å². The highest BCUT2D eigenvalue weighted by molar-refractivity contribution is 5.12. The van der Waals surface area contributed by atoms with Gasteiger partial charge in [-0.2, -0.15) is 0 Å². The Morgan fingerprint density at radius 2 is 2.33 bits per heavy atom. The molecule has 1 aromatic rings. The van der Waals surface area contributed by atoms with Crippen LogP contribution >= 0.6 is 0 Å². The molecule has 1 unspecified atom stereocenters. The Bertz CT molecular complexity index is 362. The molecule has 1 atom stereocenters. The zero-order valence-corrected chi connectivity index (χ0v) is 11.8. The average Bonchev–Trinajstić information content (AvgIpc) is 2.77. The van der Waals surface area contributed by atoms with E-state index in [-0.39, 0.29) is 0 Å². The number of likely N-dealkylation sites (N-methyl/N-ethyl adjacent to an activating group) is 1. The highest BCUT2D eigenvalue weighted by atomic mass is 16.3. The lowest BCUT2D eigenvalue weighted by Crippen LogP contribution is -2.44. The largest absolute Gasteiger partial charge is 0.468 e. The number of hydrogen-bond donors (Lipinski definition) is 1. The van der Waals surface area contributed by atoms with Gasteiger partial charge in [-0.05, 0) is 46.6 Å². The maximum Gasteiger partial charge on any atom is 0.118 e. The summed E-state index contributed by atoms with van der Waals surface area (Å²) >= 11 is 0. The minimum atomic E-state index is 0.686. The molecule has 0 saturated carbocycles. The van der Waals surface area contributed by atoms with Gasteiger partial charge in [0.1, 0.15) is 5.76 Å². The normalized spacial score (nSPS) is 21.7. The summed E-state index contributed by atoms with van der Waals surface area (Å²) in [5.41, 5.74) is 1.23. The Labute approximate surface area is 110 Å². The molecule has 1 aromatic heterocycles. The zero-order chi connectivity index (χ0) is 13.0. The van der Waals surface area contributed by atoms with Crippen LogP contribution in [-0.2, 0) is 13.1 Å². The van der Waals surface area contributed by atoms with Crippen molar-refractivity contribution in [3.05, 3.63) is 23.7 Å². The topological polar surface area (TPSA) is 31.7 Å². The van der Waals surface area contributed by atoms with Crippen molar-refractivity contribution >= 4 is 0 Å². The fourth-order valence-corrected chi connectivity index (χ4v) is 2.62. The van der Waals surface area contributed by atoms with E-state index < -0.39 is 0 Å². The van der Waals surface area contributed by atoms with Crippen LogP contribution in [0.3, 0.4) is 0 Å². The summed E-state index contributed by atoms with van der Waals surface area (Å²) < 4.78 is 5.62. The second kappa shape index (κ2) is 6.36. The molecule has 2 heterocycles. The average molecular weight is 251 g/mol. The van der Waals surface area contributed by atoms with E-state index in [0.29, 0.717) is 6.04 Å². The summed E-state index contributed by atoms with van der Waals surface area (Å²) in [5, 5.41) is 3.14. The lowest BCUT2D eigenvalue weighted by molar-refractivity contribution is 0.121. The van der Waals surface area contributed by atoms with Crippen molar-refractivity contribution in [1.29, 1.82) is 0 Å². The van der Waals surface area contributed by atoms with Gasteiger partial charge in [0.05, 0.1) is 12.8 Å². The number of hydrogen-bond acceptors (Lipinski definition) is 4. The van der Waals surface area contributed by atoms with Crippen molar-refractivity contribution in [3.63, 3.8) is 0 Å². The molecule has 4 heteroatoms. The first kappa shape index (κ1) is 13.6. The Morgan fingerprint density at radius 3 is 3.06 bits per heavy atom. The van der Waals surface area contributed by atoms with E-state index in [2.05, 4.69) is 35.3 Å². The third-order valence-electron chi connectivity index (χ3n) is 3.68. The maximum absolute atomic E-state index is 5.62. The highest BCUT2D eigenvalue weighted by Gasteiger charge is 2.21. The highest BCUT2D eigenvalue weighted by Crippen LogP contribution is 2.17. The first-order valence-corrected chi connectivity index (χ1v) is 6.78. The SMILES string of the molecule is CNCc1coc(CN2CCCC(N(C)C)C2)c1. The van der Waals surface area contributed by atoms with Crippen molar-refractivity contribution < 1.29 is 4.42 Å². The fraction of sp³-hybridized carbons (Fsp3) is 0.714. The Balaban J connectivity index is 1.87. The second-order valence-electron chi connectivity index (χ2n) is 5.45. The minimum Gasteiger partial charge on any atom is -0.468 e. The molecule has 0 spiro atoms. The van der Waals surface area contributed by atoms with E-state index >= 15 is 0 Å². The van der Waals surface area contributed by atoms with E-state index in [0.717, 1.165) is 25.4 Å². The van der Waals surface area contributed by atoms with Gasteiger partial charge in [-0.1, -0.05) is 0 Å². The third kappa shape index (κ3) is 3.57. The maximum atomic E-state index is 5.62. The zero-order valence-electron chi connectivity index (χ0n) is 11.8. The standard InChI is InChI=1S/C14H25N3O/c1-15-8-12-7-14(18-11-12)10-17-6-4-5-13(9-17)16(2)3/h7,11,13,15H,4-6,8-10H2,1-3H3. The van der Waals surface area contributed by atoms with E-state index in [1.54, 1.807) is 0 Å². The number of rotatable bonds is 5. The lowest BCUT2D eigenvalue weighted by Gasteiger charge is -2.35. The quantitative estimate of drug-likeness (QED) is 0.860. The molecule has 0 bridgehead atoms. The first-order valence-electron chi connectivity index (χ1n) is 6.78. The van der Waals surface area contributed by atoms with Crippen LogP contribution in [0.5, 0.6) is 0 Å². The van der Waals surface area contributed by atoms with Crippen molar-refractivity contribution in [1.82, 2.24) is 15.1 Å². The van der Waals surface area contributed by atoms with Gasteiger partial charge in [-0.25, -0.2) is 0 Å². The lowest BCUT2D eigenvalue weighted by atomic mass is 10.0. The Morgan fingerprint density at radius 1 is 1.50 bits per heavy atom. The smallest absolute Gasteiger partial charge is 0.118 e. The van der Waals surface area contributed by atoms with E-state index in [1.165, 1.54) is 24.9 Å². The molecule has 1 fully saturated rings. The van der Waals surface area contributed by atoms with Crippen LogP contribution in [0.2, 0.25) is 0 Å². The molecule has 2 rings (SSSR count). The van der Waals surface area contributed by atoms with Crippen LogP contribution in [0.15, 0.2) is 16.7 Å². The van der Waals surface area contributed by atoms with Crippen LogP contribution in [-0.4, -0.2) is 50.1 Å². The Hall–Kier alpha value is -0.840. The molecule has 0 radical (unpaired) electrons. The van der Waals surface area contributed by atoms with Gasteiger partial charge in [0, 0.05) is 24.7 Å². The fourth-order valence-electron chi connectivity index (χ4n) is 2.62. The van der Waals surface area contributed by atoms with Crippen molar-refractivity contribution in [2.24, 2.45) is 0 Å². The molecule has 0 aliphatic carbocycles. The predicted octanol–water partition coefficient (Wildman–Crippen LogP) is 1.52. The van der Waals surface area contributed by atoms with Gasteiger partial charge >= 0.3 is 0 Å². The number of nitrogens with zero attached hydrogens (tertiary/aromatic N) is 2. The van der Waals surface area contributed by atoms with E-state index in [1.807, 2.05) is 13.3 Å². The monoisotopic (exact) mass is 251 g/mol. The minimum absolute atomic E-state index is 0.686. The van der Waals surface area contributed by atoms with Gasteiger partial charge < -0.3 is 14.6 Å². The van der Waals surface area contributed by atoms with Crippen molar-refractivity contribution in [3.8, 4) is 0 Å². The third-order valence-corrected chi connectivity index (χ3v) is 3.68. The molecule has 1 saturated heterocycles. The molecule has 0 aromatic carbocycles. The molecule has 4 nitrogen and oxygen atoms in total. The van der Waals surface area contributed by atoms with Gasteiger partial charge in [0.25, 0.3) is 0 Å². The summed E-state index contributed by atoms with van der Waals surface area (Å²) in [5.74, 6) is 1.08. The number of piperidine rings is 1. The molecule has 1 aliphatic rings. The molecule has 1 N–H and O–H groups in total. The molecule has 0 amide bonds. The number of furan rings is 1. The second-order valence-corrected chi connectivity index (χ2v) is 5.45. The van der Waals surface area contributed by atoms with Crippen molar-refractivity contribution in [2.75, 3.05) is 34.2 Å². The molecule has 18 heavy (non-hydrogen) atoms. The molecule has 1 aliphatic heterocycles. The van der Waals surface area contributed by atoms with Crippen LogP contribution < -0.4 is 5.32 Å². The summed E-state index contributed by atoms with van der Waals surface area (Å²) in [6, 6.07) is 2.85. The summed E-state index contributed by atoms with van der Waals surface area (Å²) in [6.45, 7) is 4.15. The van der Waals surface area contributed by atoms with Crippen LogP contribution in [0.25, 0.3) is 0 Å². The van der Waals surface area contributed by atoms with Gasteiger partial charge in [-0.15, -0.1) is 0 Å². The predicted molar refractivity (Wildman–Crippen MR) is 73.5 cm³/mol. The van der Waals surface area contributed by atoms with Gasteiger partial charge in [0.2, 0.25) is 0 Å². The van der Waals surface area contributed by atoms with Crippen LogP contribution in [0.1, 0.15) is 24.2 Å². The van der Waals surface area contributed by atoms with Crippen LogP contribution in [0.4, 0.5) is 0 Å². The van der Waals surface area contributed by atoms with Crippen LogP contribution in [0, 0.1) is 0 Å². The van der Waals surface area contributed by atoms with Gasteiger partial charge in [-0.3, -0.25) is 4.90 Å². The van der Waals surface area contributed by atoms with E-state index in [9.17, 15) is 0 Å². The summed E-state index contributed by atoms with van der Waals surface area (Å²) in [7, 11) is 6.30.